The van der Waals surface area contributed by atoms with Gasteiger partial charge in [0.2, 0.25) is 15.9 Å². The first-order valence-electron chi connectivity index (χ1n) is 8.08. The molecule has 2 rings (SSSR count). The Balaban J connectivity index is 2.11. The number of carbonyl (C=O) groups is 1. The fraction of sp³-hybridized carbons (Fsp3) is 0.278. The van der Waals surface area contributed by atoms with E-state index in [0.29, 0.717) is 27.7 Å². The normalized spacial score (nSPS) is 11.5. The second-order valence-corrected chi connectivity index (χ2v) is 8.56. The van der Waals surface area contributed by atoms with Gasteiger partial charge in [-0.2, -0.15) is 4.31 Å². The van der Waals surface area contributed by atoms with E-state index >= 15 is 0 Å². The van der Waals surface area contributed by atoms with E-state index in [9.17, 15) is 13.2 Å². The van der Waals surface area contributed by atoms with Crippen LogP contribution in [0.1, 0.15) is 18.9 Å². The maximum atomic E-state index is 12.7. The van der Waals surface area contributed by atoms with Gasteiger partial charge in [0.25, 0.3) is 0 Å². The molecule has 0 aliphatic heterocycles. The van der Waals surface area contributed by atoms with E-state index in [2.05, 4.69) is 5.32 Å². The Kier molecular flexibility index (Phi) is 7.46. The van der Waals surface area contributed by atoms with Crippen LogP contribution in [0, 0.1) is 0 Å². The number of carbonyl (C=O) groups excluding carboxylic acids is 1. The number of benzene rings is 2. The second kappa shape index (κ2) is 9.37. The van der Waals surface area contributed by atoms with Gasteiger partial charge in [-0.15, -0.1) is 0 Å². The number of nitrogens with one attached hydrogen (secondary N) is 1. The van der Waals surface area contributed by atoms with Crippen molar-refractivity contribution in [3.63, 3.8) is 0 Å². The molecule has 26 heavy (non-hydrogen) atoms. The maximum Gasteiger partial charge on any atom is 0.239 e. The van der Waals surface area contributed by atoms with Crippen molar-refractivity contribution in [3.8, 4) is 0 Å². The molecule has 0 aliphatic carbocycles. The summed E-state index contributed by atoms with van der Waals surface area (Å²) < 4.78 is 26.6. The van der Waals surface area contributed by atoms with Gasteiger partial charge in [0.1, 0.15) is 0 Å². The molecule has 2 aromatic rings. The average Bonchev–Trinajstić information content (AvgIpc) is 2.58. The monoisotopic (exact) mass is 414 g/mol. The van der Waals surface area contributed by atoms with Crippen LogP contribution in [0.3, 0.4) is 0 Å². The number of anilines is 1. The third-order valence-corrected chi connectivity index (χ3v) is 5.94. The number of sulfonamides is 1. The smallest absolute Gasteiger partial charge is 0.239 e. The van der Waals surface area contributed by atoms with Crippen LogP contribution in [0.25, 0.3) is 0 Å². The summed E-state index contributed by atoms with van der Waals surface area (Å²) in [5, 5.41) is 3.37. The fourth-order valence-corrected chi connectivity index (χ4v) is 4.29. The summed E-state index contributed by atoms with van der Waals surface area (Å²) in [6, 6.07) is 13.6. The molecular formula is C18H20Cl2N2O3S. The van der Waals surface area contributed by atoms with Crippen LogP contribution in [0.5, 0.6) is 0 Å². The van der Waals surface area contributed by atoms with Crippen molar-refractivity contribution in [1.82, 2.24) is 4.31 Å². The zero-order valence-electron chi connectivity index (χ0n) is 14.3. The molecule has 0 spiro atoms. The minimum atomic E-state index is -3.63. The van der Waals surface area contributed by atoms with Gasteiger partial charge in [-0.05, 0) is 30.2 Å². The van der Waals surface area contributed by atoms with E-state index in [0.717, 1.165) is 0 Å². The molecule has 0 atom stereocenters. The highest BCUT2D eigenvalue weighted by Gasteiger charge is 2.24. The van der Waals surface area contributed by atoms with Crippen LogP contribution in [-0.4, -0.2) is 31.7 Å². The highest BCUT2D eigenvalue weighted by molar-refractivity contribution is 7.88. The number of halogens is 2. The maximum absolute atomic E-state index is 12.7. The number of amides is 1. The molecule has 1 N–H and O–H groups in total. The van der Waals surface area contributed by atoms with E-state index in [1.165, 1.54) is 10.4 Å². The molecule has 2 aromatic carbocycles. The van der Waals surface area contributed by atoms with Crippen LogP contribution in [0.15, 0.2) is 48.5 Å². The zero-order valence-corrected chi connectivity index (χ0v) is 16.6. The van der Waals surface area contributed by atoms with Crippen LogP contribution < -0.4 is 5.32 Å². The molecule has 0 aliphatic rings. The van der Waals surface area contributed by atoms with E-state index < -0.39 is 15.9 Å². The number of rotatable bonds is 8. The highest BCUT2D eigenvalue weighted by Crippen LogP contribution is 2.25. The first kappa shape index (κ1) is 20.7. The SMILES string of the molecule is CCCN(CC(=O)Nc1cc(Cl)ccc1Cl)S(=O)(=O)Cc1ccccc1. The fourth-order valence-electron chi connectivity index (χ4n) is 2.39. The summed E-state index contributed by atoms with van der Waals surface area (Å²) in [6.07, 6.45) is 0.596. The summed E-state index contributed by atoms with van der Waals surface area (Å²) >= 11 is 11.9. The van der Waals surface area contributed by atoms with Crippen molar-refractivity contribution in [2.45, 2.75) is 19.1 Å². The van der Waals surface area contributed by atoms with Gasteiger partial charge in [0, 0.05) is 11.6 Å². The van der Waals surface area contributed by atoms with Crippen LogP contribution >= 0.6 is 23.2 Å². The number of hydrogen-bond acceptors (Lipinski definition) is 3. The Bertz CT molecular complexity index is 858. The van der Waals surface area contributed by atoms with Crippen LogP contribution in [0.4, 0.5) is 5.69 Å². The summed E-state index contributed by atoms with van der Waals surface area (Å²) in [7, 11) is -3.63. The molecule has 0 heterocycles. The minimum Gasteiger partial charge on any atom is -0.324 e. The molecule has 0 saturated heterocycles. The Labute approximate surface area is 164 Å². The van der Waals surface area contributed by atoms with Crippen molar-refractivity contribution in [3.05, 3.63) is 64.1 Å². The van der Waals surface area contributed by atoms with E-state index in [4.69, 9.17) is 23.2 Å². The molecule has 1 amide bonds. The van der Waals surface area contributed by atoms with Gasteiger partial charge in [0.15, 0.2) is 0 Å². The summed E-state index contributed by atoms with van der Waals surface area (Å²) in [6.45, 7) is 1.83. The van der Waals surface area contributed by atoms with E-state index in [-0.39, 0.29) is 18.8 Å². The molecule has 0 unspecified atom stereocenters. The topological polar surface area (TPSA) is 66.5 Å². The minimum absolute atomic E-state index is 0.154. The van der Waals surface area contributed by atoms with Crippen LogP contribution in [-0.2, 0) is 20.6 Å². The summed E-state index contributed by atoms with van der Waals surface area (Å²) in [5.74, 6) is -0.627. The molecule has 0 aromatic heterocycles. The van der Waals surface area contributed by atoms with Gasteiger partial charge in [-0.1, -0.05) is 60.5 Å². The molecule has 0 fully saturated rings. The summed E-state index contributed by atoms with van der Waals surface area (Å²) in [4.78, 5) is 12.3. The molecule has 0 radical (unpaired) electrons. The average molecular weight is 415 g/mol. The van der Waals surface area contributed by atoms with Crippen molar-refractivity contribution >= 4 is 44.8 Å². The van der Waals surface area contributed by atoms with Gasteiger partial charge in [0.05, 0.1) is 23.0 Å². The van der Waals surface area contributed by atoms with Gasteiger partial charge < -0.3 is 5.32 Å². The van der Waals surface area contributed by atoms with Gasteiger partial charge in [-0.3, -0.25) is 4.79 Å². The van der Waals surface area contributed by atoms with Crippen molar-refractivity contribution < 1.29 is 13.2 Å². The largest absolute Gasteiger partial charge is 0.324 e. The molecule has 0 bridgehead atoms. The zero-order chi connectivity index (χ0) is 19.2. The van der Waals surface area contributed by atoms with E-state index in [1.807, 2.05) is 13.0 Å². The van der Waals surface area contributed by atoms with Crippen molar-refractivity contribution in [1.29, 1.82) is 0 Å². The Morgan fingerprint density at radius 1 is 1.12 bits per heavy atom. The standard InChI is InChI=1S/C18H20Cl2N2O3S/c1-2-10-22(26(24,25)13-14-6-4-3-5-7-14)12-18(23)21-17-11-15(19)8-9-16(17)20/h3-9,11H,2,10,12-13H2,1H3,(H,21,23). The first-order chi connectivity index (χ1) is 12.3. The third-order valence-electron chi connectivity index (χ3n) is 3.58. The molecule has 140 valence electrons. The number of hydrogen-bond donors (Lipinski definition) is 1. The second-order valence-electron chi connectivity index (χ2n) is 5.75. The predicted octanol–water partition coefficient (Wildman–Crippen LogP) is 4.17. The first-order valence-corrected chi connectivity index (χ1v) is 10.4. The number of nitrogens with zero attached hydrogens (tertiary/aromatic N) is 1. The lowest BCUT2D eigenvalue weighted by Crippen LogP contribution is -2.39. The molecule has 5 nitrogen and oxygen atoms in total. The van der Waals surface area contributed by atoms with Gasteiger partial charge in [-0.25, -0.2) is 8.42 Å². The predicted molar refractivity (Wildman–Crippen MR) is 106 cm³/mol. The van der Waals surface area contributed by atoms with Crippen LogP contribution in [0.2, 0.25) is 10.0 Å². The lowest BCUT2D eigenvalue weighted by Gasteiger charge is -2.21. The van der Waals surface area contributed by atoms with Gasteiger partial charge >= 0.3 is 0 Å². The quantitative estimate of drug-likeness (QED) is 0.704. The third kappa shape index (κ3) is 5.99. The summed E-state index contributed by atoms with van der Waals surface area (Å²) in [5.41, 5.74) is 1.02. The van der Waals surface area contributed by atoms with Crippen molar-refractivity contribution in [2.24, 2.45) is 0 Å². The Morgan fingerprint density at radius 3 is 2.46 bits per heavy atom. The highest BCUT2D eigenvalue weighted by atomic mass is 35.5. The molecular weight excluding hydrogens is 395 g/mol. The van der Waals surface area contributed by atoms with E-state index in [1.54, 1.807) is 36.4 Å². The Morgan fingerprint density at radius 2 is 1.81 bits per heavy atom. The lowest BCUT2D eigenvalue weighted by molar-refractivity contribution is -0.116. The van der Waals surface area contributed by atoms with Crippen molar-refractivity contribution in [2.75, 3.05) is 18.4 Å². The molecule has 8 heteroatoms. The lowest BCUT2D eigenvalue weighted by atomic mass is 10.2. The molecule has 0 saturated carbocycles. The Hall–Kier alpha value is -1.60.